The summed E-state index contributed by atoms with van der Waals surface area (Å²) in [5.74, 6) is 1.44. The van der Waals surface area contributed by atoms with Gasteiger partial charge in [0.1, 0.15) is 28.2 Å². The number of aryl methyl sites for hydroxylation is 1. The maximum absolute atomic E-state index is 6.81. The lowest BCUT2D eigenvalue weighted by Crippen LogP contribution is -2.09. The lowest BCUT2D eigenvalue weighted by molar-refractivity contribution is 0.664. The monoisotopic (exact) mass is 624 g/mol. The van der Waals surface area contributed by atoms with Crippen molar-refractivity contribution in [2.24, 2.45) is 0 Å². The molecule has 4 nitrogen and oxygen atoms in total. The maximum Gasteiger partial charge on any atom is 0.149 e. The Hall–Kier alpha value is -5.61. The van der Waals surface area contributed by atoms with Crippen LogP contribution in [-0.4, -0.2) is 9.55 Å². The molecule has 0 atom stereocenters. The molecule has 48 heavy (non-hydrogen) atoms. The lowest BCUT2D eigenvalue weighted by atomic mass is 9.88. The summed E-state index contributed by atoms with van der Waals surface area (Å²) in [6, 6.07) is 40.9. The average molecular weight is 625 g/mol. The van der Waals surface area contributed by atoms with E-state index >= 15 is 0 Å². The Labute approximate surface area is 279 Å². The van der Waals surface area contributed by atoms with Crippen molar-refractivity contribution in [1.29, 1.82) is 0 Å². The highest BCUT2D eigenvalue weighted by Gasteiger charge is 2.26. The number of hydrogen-bond donors (Lipinski definition) is 0. The Kier molecular flexibility index (Phi) is 6.38. The van der Waals surface area contributed by atoms with Crippen LogP contribution in [0.2, 0.25) is 0 Å². The maximum atomic E-state index is 6.81. The molecule has 0 N–H and O–H groups in total. The third-order valence-corrected chi connectivity index (χ3v) is 9.79. The van der Waals surface area contributed by atoms with Gasteiger partial charge in [-0.15, -0.1) is 0 Å². The number of hydrogen-bond acceptors (Lipinski definition) is 3. The molecule has 0 fully saturated rings. The Balaban J connectivity index is 1.36. The molecule has 6 aromatic carbocycles. The number of rotatable bonds is 5. The summed E-state index contributed by atoms with van der Waals surface area (Å²) in [5.41, 5.74) is 13.9. The highest BCUT2D eigenvalue weighted by atomic mass is 16.3. The second kappa shape index (κ2) is 10.7. The predicted molar refractivity (Wildman–Crippen MR) is 199 cm³/mol. The smallest absolute Gasteiger partial charge is 0.149 e. The highest BCUT2D eigenvalue weighted by molar-refractivity contribution is 6.16. The molecule has 0 amide bonds. The molecule has 0 spiro atoms. The molecule has 4 heteroatoms. The number of nitrogens with zero attached hydrogens (tertiary/aromatic N) is 2. The first kappa shape index (κ1) is 28.6. The van der Waals surface area contributed by atoms with Crippen molar-refractivity contribution >= 4 is 54.9 Å². The molecular formula is C44H36N2O2. The fourth-order valence-electron chi connectivity index (χ4n) is 7.40. The van der Waals surface area contributed by atoms with E-state index in [1.165, 1.54) is 33.5 Å². The molecule has 0 aliphatic heterocycles. The van der Waals surface area contributed by atoms with Crippen LogP contribution in [0.1, 0.15) is 56.2 Å². The molecule has 3 aromatic heterocycles. The van der Waals surface area contributed by atoms with Crippen LogP contribution in [0.4, 0.5) is 0 Å². The number of aromatic nitrogens is 2. The molecular weight excluding hydrogens is 588 g/mol. The fourth-order valence-corrected chi connectivity index (χ4v) is 7.40. The minimum Gasteiger partial charge on any atom is -0.456 e. The molecule has 0 aliphatic carbocycles. The van der Waals surface area contributed by atoms with Crippen LogP contribution in [0.15, 0.2) is 124 Å². The van der Waals surface area contributed by atoms with Gasteiger partial charge in [-0.25, -0.2) is 4.98 Å². The van der Waals surface area contributed by atoms with Crippen molar-refractivity contribution in [3.63, 3.8) is 0 Å². The van der Waals surface area contributed by atoms with Gasteiger partial charge in [-0.2, -0.15) is 0 Å². The Morgan fingerprint density at radius 2 is 1.23 bits per heavy atom. The largest absolute Gasteiger partial charge is 0.456 e. The van der Waals surface area contributed by atoms with Crippen LogP contribution >= 0.6 is 0 Å². The quantitative estimate of drug-likeness (QED) is 0.191. The summed E-state index contributed by atoms with van der Waals surface area (Å²) in [6.45, 7) is 11.3. The molecule has 3 heterocycles. The zero-order valence-electron chi connectivity index (χ0n) is 27.8. The van der Waals surface area contributed by atoms with Crippen molar-refractivity contribution in [2.45, 2.75) is 46.5 Å². The number of furan rings is 2. The van der Waals surface area contributed by atoms with Crippen molar-refractivity contribution in [2.75, 3.05) is 0 Å². The van der Waals surface area contributed by atoms with Gasteiger partial charge in [0.05, 0.1) is 22.3 Å². The van der Waals surface area contributed by atoms with E-state index in [-0.39, 0.29) is 11.8 Å². The summed E-state index contributed by atoms with van der Waals surface area (Å²) >= 11 is 0. The first-order valence-electron chi connectivity index (χ1n) is 16.9. The van der Waals surface area contributed by atoms with E-state index in [0.29, 0.717) is 0 Å². The Bertz CT molecular complexity index is 2660. The minimum absolute atomic E-state index is 0.282. The second-order valence-electron chi connectivity index (χ2n) is 13.7. The Morgan fingerprint density at radius 1 is 0.562 bits per heavy atom. The van der Waals surface area contributed by atoms with Crippen LogP contribution < -0.4 is 0 Å². The van der Waals surface area contributed by atoms with E-state index in [4.69, 9.17) is 13.8 Å². The van der Waals surface area contributed by atoms with Gasteiger partial charge in [-0.3, -0.25) is 4.57 Å². The van der Waals surface area contributed by atoms with Gasteiger partial charge in [-0.05, 0) is 95.1 Å². The van der Waals surface area contributed by atoms with Gasteiger partial charge in [0.25, 0.3) is 0 Å². The van der Waals surface area contributed by atoms with E-state index in [9.17, 15) is 0 Å². The third kappa shape index (κ3) is 4.32. The van der Waals surface area contributed by atoms with Crippen LogP contribution in [0.5, 0.6) is 0 Å². The van der Waals surface area contributed by atoms with Gasteiger partial charge >= 0.3 is 0 Å². The first-order valence-corrected chi connectivity index (χ1v) is 16.9. The van der Waals surface area contributed by atoms with Crippen LogP contribution in [0.3, 0.4) is 0 Å². The molecule has 0 aliphatic rings. The summed E-state index contributed by atoms with van der Waals surface area (Å²) in [4.78, 5) is 5.39. The average Bonchev–Trinajstić information content (AvgIpc) is 3.77. The van der Waals surface area contributed by atoms with Gasteiger partial charge in [-0.1, -0.05) is 94.4 Å². The number of para-hydroxylation sites is 2. The predicted octanol–water partition coefficient (Wildman–Crippen LogP) is 12.7. The third-order valence-electron chi connectivity index (χ3n) is 9.79. The fraction of sp³-hybridized carbons (Fsp3) is 0.159. The van der Waals surface area contributed by atoms with Crippen molar-refractivity contribution in [1.82, 2.24) is 9.55 Å². The molecule has 0 bridgehead atoms. The van der Waals surface area contributed by atoms with E-state index < -0.39 is 0 Å². The molecule has 9 rings (SSSR count). The van der Waals surface area contributed by atoms with Gasteiger partial charge < -0.3 is 8.83 Å². The topological polar surface area (TPSA) is 44.1 Å². The molecule has 0 saturated carbocycles. The molecule has 9 aromatic rings. The molecule has 0 saturated heterocycles. The SMILES string of the molecule is Cc1ccc2c(c1)nc(-c1cccc3c1oc1cc4c(cc13)oc1ccccc14)n2-c1c(C(C)C)cc(-c2ccccc2)cc1C(C)C. The zero-order valence-corrected chi connectivity index (χ0v) is 27.8. The van der Waals surface area contributed by atoms with Crippen molar-refractivity contribution in [3.8, 4) is 28.2 Å². The number of benzene rings is 6. The van der Waals surface area contributed by atoms with E-state index in [1.54, 1.807) is 0 Å². The normalized spacial score (nSPS) is 12.2. The summed E-state index contributed by atoms with van der Waals surface area (Å²) in [5, 5.41) is 4.23. The van der Waals surface area contributed by atoms with Gasteiger partial charge in [0.15, 0.2) is 0 Å². The number of imidazole rings is 1. The van der Waals surface area contributed by atoms with E-state index in [1.807, 2.05) is 18.2 Å². The summed E-state index contributed by atoms with van der Waals surface area (Å²) in [7, 11) is 0. The van der Waals surface area contributed by atoms with Gasteiger partial charge in [0.2, 0.25) is 0 Å². The number of fused-ring (bicyclic) bond motifs is 7. The highest BCUT2D eigenvalue weighted by Crippen LogP contribution is 2.43. The summed E-state index contributed by atoms with van der Waals surface area (Å²) < 4.78 is 15.5. The van der Waals surface area contributed by atoms with Crippen molar-refractivity contribution < 1.29 is 8.83 Å². The first-order chi connectivity index (χ1) is 23.4. The Morgan fingerprint density at radius 3 is 1.98 bits per heavy atom. The molecule has 234 valence electrons. The molecule has 0 radical (unpaired) electrons. The van der Waals surface area contributed by atoms with Crippen molar-refractivity contribution in [3.05, 3.63) is 132 Å². The van der Waals surface area contributed by atoms with Crippen LogP contribution in [0, 0.1) is 6.92 Å². The minimum atomic E-state index is 0.282. The van der Waals surface area contributed by atoms with E-state index in [0.717, 1.165) is 66.3 Å². The van der Waals surface area contributed by atoms with Crippen LogP contribution in [0.25, 0.3) is 83.1 Å². The van der Waals surface area contributed by atoms with Gasteiger partial charge in [0, 0.05) is 21.5 Å². The standard InChI is InChI=1S/C44H36N2O2/c1-25(2)33-21-29(28-12-7-6-8-13-28)22-34(26(3)4)42(33)46-38-19-18-27(5)20-37(38)45-44(46)32-16-11-15-31-36-24-40-35(23-41(36)48-43(31)32)30-14-9-10-17-39(30)47-40/h6-26H,1-5H3. The van der Waals surface area contributed by atoms with Crippen LogP contribution in [-0.2, 0) is 0 Å². The lowest BCUT2D eigenvalue weighted by Gasteiger charge is -2.24. The zero-order chi connectivity index (χ0) is 32.7. The molecule has 0 unspecified atom stereocenters. The van der Waals surface area contributed by atoms with E-state index in [2.05, 4.69) is 136 Å². The summed E-state index contributed by atoms with van der Waals surface area (Å²) in [6.07, 6.45) is 0. The second-order valence-corrected chi connectivity index (χ2v) is 13.7.